The number of unbranched alkanes of at least 4 members (excludes halogenated alkanes) is 2. The summed E-state index contributed by atoms with van der Waals surface area (Å²) in [6.07, 6.45) is 11.2. The highest BCUT2D eigenvalue weighted by Crippen LogP contribution is 2.62. The van der Waals surface area contributed by atoms with E-state index in [1.165, 1.54) is 12.1 Å². The van der Waals surface area contributed by atoms with Crippen molar-refractivity contribution in [3.8, 4) is 11.5 Å². The summed E-state index contributed by atoms with van der Waals surface area (Å²) in [4.78, 5) is 33.0. The van der Waals surface area contributed by atoms with Crippen LogP contribution in [0.4, 0.5) is 5.69 Å². The van der Waals surface area contributed by atoms with Crippen molar-refractivity contribution in [2.24, 2.45) is 28.8 Å². The molecule has 0 aromatic heterocycles. The lowest BCUT2D eigenvalue weighted by atomic mass is 9.55. The Labute approximate surface area is 311 Å². The molecule has 2 saturated carbocycles. The largest absolute Gasteiger partial charge is 0.508 e. The van der Waals surface area contributed by atoms with E-state index in [0.717, 1.165) is 61.6 Å². The lowest BCUT2D eigenvalue weighted by molar-refractivity contribution is -0.384. The maximum Gasteiger partial charge on any atom is 0.269 e. The van der Waals surface area contributed by atoms with Crippen LogP contribution in [-0.2, 0) is 21.0 Å². The van der Waals surface area contributed by atoms with Crippen LogP contribution in [-0.4, -0.2) is 75.0 Å². The summed E-state index contributed by atoms with van der Waals surface area (Å²) in [6.45, 7) is 6.97. The number of phenolic OH excluding ortho intramolecular Hbond substituents is 1. The highest BCUT2D eigenvalue weighted by atomic mass is 16.7. The number of allylic oxidation sites excluding steroid dienone is 1. The molecule has 6 unspecified atom stereocenters. The standard InChI is InChI=1S/C41H53N3O9/c1-3-19-43(40(48)28-13-14-28)37-25-35(42-52-26-27-11-15-30(16-12-27)44(49)50)33-23-29(9-5-7-20-45)32(10-6-8-21-46)38-34-24-31(47)17-18-36(34)53-41(37,39(33)38)51-22-4-2/h4,11-12,15-18,23-24,28-29,32,37-39,45-47H,2-3,5-10,13-14,19-22,25-26H2,1H3. The molecule has 3 aliphatic carbocycles. The zero-order chi connectivity index (χ0) is 37.5. The molecule has 12 nitrogen and oxygen atoms in total. The normalized spacial score (nSPS) is 26.5. The number of fused-ring (bicyclic) bond motifs is 2. The Morgan fingerprint density at radius 3 is 2.51 bits per heavy atom. The number of aliphatic hydroxyl groups is 2. The second-order valence-corrected chi connectivity index (χ2v) is 14.8. The molecule has 0 spiro atoms. The van der Waals surface area contributed by atoms with E-state index < -0.39 is 22.7 Å². The zero-order valence-corrected chi connectivity index (χ0v) is 30.6. The third-order valence-corrected chi connectivity index (χ3v) is 11.3. The molecule has 1 amide bonds. The average molecular weight is 732 g/mol. The van der Waals surface area contributed by atoms with Gasteiger partial charge < -0.3 is 34.5 Å². The average Bonchev–Trinajstić information content (AvgIpc) is 4.01. The number of nitro groups is 1. The van der Waals surface area contributed by atoms with Gasteiger partial charge in [0.05, 0.1) is 23.2 Å². The number of nitro benzene ring substituents is 1. The number of aliphatic hydroxyl groups excluding tert-OH is 2. The van der Waals surface area contributed by atoms with Gasteiger partial charge >= 0.3 is 0 Å². The third-order valence-electron chi connectivity index (χ3n) is 11.3. The van der Waals surface area contributed by atoms with Gasteiger partial charge in [-0.05, 0) is 98.2 Å². The number of amides is 1. The first-order valence-electron chi connectivity index (χ1n) is 19.2. The van der Waals surface area contributed by atoms with Crippen LogP contribution in [0.3, 0.4) is 0 Å². The van der Waals surface area contributed by atoms with Crippen molar-refractivity contribution in [3.63, 3.8) is 0 Å². The van der Waals surface area contributed by atoms with E-state index in [4.69, 9.17) is 19.5 Å². The number of nitrogens with zero attached hydrogens (tertiary/aromatic N) is 3. The molecule has 12 heteroatoms. The molecule has 6 rings (SSSR count). The summed E-state index contributed by atoms with van der Waals surface area (Å²) in [5, 5.41) is 46.4. The number of carbonyl (C=O) groups excluding carboxylic acids is 1. The van der Waals surface area contributed by atoms with Gasteiger partial charge in [0.1, 0.15) is 24.1 Å². The number of carbonyl (C=O) groups is 1. The van der Waals surface area contributed by atoms with Crippen LogP contribution >= 0.6 is 0 Å². The molecule has 2 aromatic carbocycles. The van der Waals surface area contributed by atoms with Gasteiger partial charge in [0.15, 0.2) is 0 Å². The minimum atomic E-state index is -1.32. The molecule has 0 bridgehead atoms. The lowest BCUT2D eigenvalue weighted by Crippen LogP contribution is -2.70. The highest BCUT2D eigenvalue weighted by Gasteiger charge is 2.65. The first-order valence-corrected chi connectivity index (χ1v) is 19.2. The van der Waals surface area contributed by atoms with Crippen molar-refractivity contribution >= 4 is 17.3 Å². The van der Waals surface area contributed by atoms with Crippen molar-refractivity contribution in [2.45, 2.75) is 95.5 Å². The van der Waals surface area contributed by atoms with Crippen molar-refractivity contribution in [2.75, 3.05) is 26.4 Å². The van der Waals surface area contributed by atoms with E-state index in [-0.39, 0.29) is 67.4 Å². The number of ether oxygens (including phenoxy) is 2. The summed E-state index contributed by atoms with van der Waals surface area (Å²) >= 11 is 0. The van der Waals surface area contributed by atoms with Gasteiger partial charge in [0.25, 0.3) is 5.69 Å². The van der Waals surface area contributed by atoms with Crippen molar-refractivity contribution in [1.82, 2.24) is 4.90 Å². The molecule has 0 radical (unpaired) electrons. The minimum absolute atomic E-state index is 0.00908. The van der Waals surface area contributed by atoms with Crippen LogP contribution in [0.25, 0.3) is 0 Å². The van der Waals surface area contributed by atoms with Gasteiger partial charge in [-0.15, -0.1) is 6.58 Å². The van der Waals surface area contributed by atoms with E-state index in [2.05, 4.69) is 19.6 Å². The van der Waals surface area contributed by atoms with Crippen molar-refractivity contribution < 1.29 is 39.3 Å². The quantitative estimate of drug-likeness (QED) is 0.0611. The summed E-state index contributed by atoms with van der Waals surface area (Å²) < 4.78 is 14.1. The van der Waals surface area contributed by atoms with Gasteiger partial charge in [0, 0.05) is 55.7 Å². The fourth-order valence-electron chi connectivity index (χ4n) is 8.78. The molecule has 6 atom stereocenters. The minimum Gasteiger partial charge on any atom is -0.508 e. The maximum absolute atomic E-state index is 14.2. The number of benzene rings is 2. The predicted octanol–water partition coefficient (Wildman–Crippen LogP) is 6.78. The molecular weight excluding hydrogens is 678 g/mol. The summed E-state index contributed by atoms with van der Waals surface area (Å²) in [5.41, 5.74) is 3.17. The number of phenols is 1. The Morgan fingerprint density at radius 1 is 1.11 bits per heavy atom. The molecule has 4 aliphatic rings. The predicted molar refractivity (Wildman–Crippen MR) is 199 cm³/mol. The van der Waals surface area contributed by atoms with Gasteiger partial charge in [-0.25, -0.2) is 0 Å². The van der Waals surface area contributed by atoms with Crippen LogP contribution in [0.1, 0.15) is 88.2 Å². The molecule has 2 fully saturated rings. The first-order chi connectivity index (χ1) is 25.8. The van der Waals surface area contributed by atoms with Crippen LogP contribution in [0.2, 0.25) is 0 Å². The van der Waals surface area contributed by atoms with Gasteiger partial charge in [0.2, 0.25) is 11.7 Å². The topological polar surface area (TPSA) is 164 Å². The Balaban J connectivity index is 1.53. The van der Waals surface area contributed by atoms with Crippen LogP contribution < -0.4 is 4.74 Å². The number of oxime groups is 1. The molecule has 53 heavy (non-hydrogen) atoms. The van der Waals surface area contributed by atoms with E-state index in [0.29, 0.717) is 37.3 Å². The number of aromatic hydroxyl groups is 1. The van der Waals surface area contributed by atoms with Crippen LogP contribution in [0.15, 0.2) is 71.9 Å². The molecule has 2 aromatic rings. The number of non-ortho nitro benzene ring substituents is 1. The monoisotopic (exact) mass is 731 g/mol. The second-order valence-electron chi connectivity index (χ2n) is 14.8. The van der Waals surface area contributed by atoms with Gasteiger partial charge in [-0.3, -0.25) is 14.9 Å². The molecule has 1 aliphatic heterocycles. The first kappa shape index (κ1) is 38.5. The van der Waals surface area contributed by atoms with E-state index in [1.54, 1.807) is 36.4 Å². The van der Waals surface area contributed by atoms with E-state index >= 15 is 0 Å². The van der Waals surface area contributed by atoms with Crippen molar-refractivity contribution in [1.29, 1.82) is 0 Å². The molecule has 1 heterocycles. The summed E-state index contributed by atoms with van der Waals surface area (Å²) in [7, 11) is 0. The smallest absolute Gasteiger partial charge is 0.269 e. The number of rotatable bonds is 19. The molecule has 0 saturated heterocycles. The Morgan fingerprint density at radius 2 is 1.85 bits per heavy atom. The third kappa shape index (κ3) is 8.14. The fraction of sp³-hybridized carbons (Fsp3) is 0.561. The second kappa shape index (κ2) is 17.3. The summed E-state index contributed by atoms with van der Waals surface area (Å²) in [6, 6.07) is 10.8. The Kier molecular flexibility index (Phi) is 12.5. The molecule has 3 N–H and O–H groups in total. The fourth-order valence-corrected chi connectivity index (χ4v) is 8.78. The molecule has 286 valence electrons. The van der Waals surface area contributed by atoms with Crippen molar-refractivity contribution in [3.05, 3.63) is 88.0 Å². The van der Waals surface area contributed by atoms with Crippen LogP contribution in [0.5, 0.6) is 11.5 Å². The van der Waals surface area contributed by atoms with E-state index in [1.807, 2.05) is 4.90 Å². The Hall–Kier alpha value is -4.26. The molecular formula is C41H53N3O9. The highest BCUT2D eigenvalue weighted by molar-refractivity contribution is 6.03. The van der Waals surface area contributed by atoms with Gasteiger partial charge in [-0.2, -0.15) is 0 Å². The van der Waals surface area contributed by atoms with Gasteiger partial charge in [-0.1, -0.05) is 37.1 Å². The van der Waals surface area contributed by atoms with E-state index in [9.17, 15) is 30.2 Å². The zero-order valence-electron chi connectivity index (χ0n) is 30.6. The summed E-state index contributed by atoms with van der Waals surface area (Å²) in [5.74, 6) is -1.10. The number of hydrogen-bond donors (Lipinski definition) is 3. The lowest BCUT2D eigenvalue weighted by Gasteiger charge is -2.60. The SMILES string of the molecule is C=CCOC12Oc3ccc(O)cc3C3C(CCCCO)C(CCCCO)C=C(C(=NOCc4ccc([N+](=O)[O-])cc4)CC1N(CCC)C(=O)C1CC1)C32. The Bertz CT molecular complexity index is 1670. The number of hydrogen-bond acceptors (Lipinski definition) is 10. The van der Waals surface area contributed by atoms with Crippen LogP contribution in [0, 0.1) is 33.8 Å². The maximum atomic E-state index is 14.2.